The lowest BCUT2D eigenvalue weighted by molar-refractivity contribution is 0.387. The van der Waals surface area contributed by atoms with Gasteiger partial charge in [-0.3, -0.25) is 0 Å². The number of halogens is 1. The molecule has 0 aliphatic carbocycles. The first-order valence-corrected chi connectivity index (χ1v) is 6.54. The molecular formula is C11H11BrN6O. The van der Waals surface area contributed by atoms with Gasteiger partial charge in [0.2, 0.25) is 5.89 Å². The van der Waals surface area contributed by atoms with Gasteiger partial charge in [0.1, 0.15) is 4.60 Å². The minimum absolute atomic E-state index is 0.575. The Kier molecular flexibility index (Phi) is 3.16. The van der Waals surface area contributed by atoms with Crippen LogP contribution in [0.15, 0.2) is 27.7 Å². The molecule has 0 bridgehead atoms. The first-order valence-electron chi connectivity index (χ1n) is 5.74. The zero-order valence-corrected chi connectivity index (χ0v) is 11.8. The maximum absolute atomic E-state index is 4.92. The van der Waals surface area contributed by atoms with Crippen molar-refractivity contribution in [1.29, 1.82) is 0 Å². The van der Waals surface area contributed by atoms with Gasteiger partial charge in [0.15, 0.2) is 17.3 Å². The van der Waals surface area contributed by atoms with Crippen LogP contribution in [0.4, 0.5) is 5.82 Å². The fraction of sp³-hybridized carbons (Fsp3) is 0.273. The third-order valence-corrected chi connectivity index (χ3v) is 2.94. The summed E-state index contributed by atoms with van der Waals surface area (Å²) in [5.74, 6) is 1.98. The number of aryl methyl sites for hydroxylation is 1. The van der Waals surface area contributed by atoms with Gasteiger partial charge in [-0.15, -0.1) is 0 Å². The van der Waals surface area contributed by atoms with Gasteiger partial charge >= 0.3 is 0 Å². The van der Waals surface area contributed by atoms with Gasteiger partial charge in [-0.05, 0) is 15.9 Å². The summed E-state index contributed by atoms with van der Waals surface area (Å²) in [7, 11) is 0. The number of fused-ring (bicyclic) bond motifs is 1. The second-order valence-corrected chi connectivity index (χ2v) is 4.79. The van der Waals surface area contributed by atoms with Crippen LogP contribution in [0.3, 0.4) is 0 Å². The summed E-state index contributed by atoms with van der Waals surface area (Å²) in [5, 5.41) is 7.07. The molecule has 3 heterocycles. The van der Waals surface area contributed by atoms with Gasteiger partial charge in [-0.2, -0.15) is 4.98 Å². The molecule has 0 aromatic carbocycles. The standard InChI is InChI=1S/C11H11BrN6O/c1-7-15-9(17-19-7)2-3-13-10-11-14-4-5-18(11)6-8(12)16-10/h4-6H,2-3H2,1H3,(H,13,16). The van der Waals surface area contributed by atoms with Gasteiger partial charge in [-0.25, -0.2) is 9.97 Å². The summed E-state index contributed by atoms with van der Waals surface area (Å²) >= 11 is 3.37. The molecule has 0 saturated heterocycles. The number of rotatable bonds is 4. The van der Waals surface area contributed by atoms with E-state index in [0.29, 0.717) is 24.7 Å². The lowest BCUT2D eigenvalue weighted by Gasteiger charge is -2.06. The molecule has 3 aromatic heterocycles. The molecule has 0 saturated carbocycles. The van der Waals surface area contributed by atoms with Gasteiger partial charge in [0, 0.05) is 38.5 Å². The van der Waals surface area contributed by atoms with E-state index in [-0.39, 0.29) is 0 Å². The van der Waals surface area contributed by atoms with Crippen molar-refractivity contribution in [3.05, 3.63) is 34.9 Å². The molecular weight excluding hydrogens is 312 g/mol. The van der Waals surface area contributed by atoms with E-state index < -0.39 is 0 Å². The highest BCUT2D eigenvalue weighted by atomic mass is 79.9. The molecule has 3 rings (SSSR count). The molecule has 98 valence electrons. The second-order valence-electron chi connectivity index (χ2n) is 3.98. The van der Waals surface area contributed by atoms with E-state index in [9.17, 15) is 0 Å². The highest BCUT2D eigenvalue weighted by molar-refractivity contribution is 9.10. The first-order chi connectivity index (χ1) is 9.22. The Bertz CT molecular complexity index is 706. The average molecular weight is 323 g/mol. The lowest BCUT2D eigenvalue weighted by Crippen LogP contribution is -2.09. The molecule has 0 spiro atoms. The van der Waals surface area contributed by atoms with Crippen molar-refractivity contribution in [3.63, 3.8) is 0 Å². The number of hydrogen-bond donors (Lipinski definition) is 1. The van der Waals surface area contributed by atoms with E-state index in [1.165, 1.54) is 0 Å². The van der Waals surface area contributed by atoms with Crippen LogP contribution < -0.4 is 5.32 Å². The quantitative estimate of drug-likeness (QED) is 0.789. The Balaban J connectivity index is 1.73. The topological polar surface area (TPSA) is 81.1 Å². The highest BCUT2D eigenvalue weighted by Crippen LogP contribution is 2.16. The summed E-state index contributed by atoms with van der Waals surface area (Å²) < 4.78 is 7.56. The molecule has 0 radical (unpaired) electrons. The van der Waals surface area contributed by atoms with Crippen molar-refractivity contribution < 1.29 is 4.52 Å². The lowest BCUT2D eigenvalue weighted by atomic mass is 10.4. The smallest absolute Gasteiger partial charge is 0.223 e. The molecule has 0 atom stereocenters. The van der Waals surface area contributed by atoms with Crippen molar-refractivity contribution in [3.8, 4) is 0 Å². The van der Waals surface area contributed by atoms with Crippen molar-refractivity contribution in [2.45, 2.75) is 13.3 Å². The zero-order chi connectivity index (χ0) is 13.2. The monoisotopic (exact) mass is 322 g/mol. The van der Waals surface area contributed by atoms with Gasteiger partial charge in [0.05, 0.1) is 0 Å². The van der Waals surface area contributed by atoms with Crippen molar-refractivity contribution in [1.82, 2.24) is 24.5 Å². The van der Waals surface area contributed by atoms with Crippen molar-refractivity contribution in [2.24, 2.45) is 0 Å². The molecule has 1 N–H and O–H groups in total. The Labute approximate surface area is 117 Å². The number of anilines is 1. The Morgan fingerprint density at radius 3 is 3.11 bits per heavy atom. The zero-order valence-electron chi connectivity index (χ0n) is 10.2. The molecule has 8 heteroatoms. The fourth-order valence-corrected chi connectivity index (χ4v) is 2.15. The Morgan fingerprint density at radius 2 is 2.32 bits per heavy atom. The van der Waals surface area contributed by atoms with Gasteiger partial charge in [-0.1, -0.05) is 5.16 Å². The molecule has 0 aliphatic rings. The van der Waals surface area contributed by atoms with Crippen LogP contribution in [0, 0.1) is 6.92 Å². The maximum atomic E-state index is 4.92. The molecule has 0 fully saturated rings. The van der Waals surface area contributed by atoms with Crippen LogP contribution in [0.1, 0.15) is 11.7 Å². The minimum Gasteiger partial charge on any atom is -0.366 e. The molecule has 3 aromatic rings. The van der Waals surface area contributed by atoms with E-state index in [0.717, 1.165) is 16.1 Å². The van der Waals surface area contributed by atoms with Crippen LogP contribution in [0.5, 0.6) is 0 Å². The van der Waals surface area contributed by atoms with Crippen LogP contribution in [0.2, 0.25) is 0 Å². The van der Waals surface area contributed by atoms with E-state index >= 15 is 0 Å². The SMILES string of the molecule is Cc1nc(CCNc2nc(Br)cn3ccnc23)no1. The molecule has 19 heavy (non-hydrogen) atoms. The van der Waals surface area contributed by atoms with Crippen LogP contribution in [-0.4, -0.2) is 31.1 Å². The fourth-order valence-electron chi connectivity index (χ4n) is 1.76. The second kappa shape index (κ2) is 4.96. The van der Waals surface area contributed by atoms with Crippen molar-refractivity contribution in [2.75, 3.05) is 11.9 Å². The Hall–Kier alpha value is -1.96. The molecule has 0 amide bonds. The number of hydrogen-bond acceptors (Lipinski definition) is 6. The summed E-state index contributed by atoms with van der Waals surface area (Å²) in [5.41, 5.74) is 0.785. The summed E-state index contributed by atoms with van der Waals surface area (Å²) in [6.07, 6.45) is 6.13. The van der Waals surface area contributed by atoms with Gasteiger partial charge in [0.25, 0.3) is 0 Å². The highest BCUT2D eigenvalue weighted by Gasteiger charge is 2.07. The largest absolute Gasteiger partial charge is 0.366 e. The predicted molar refractivity (Wildman–Crippen MR) is 71.9 cm³/mol. The molecule has 0 aliphatic heterocycles. The number of aromatic nitrogens is 5. The van der Waals surface area contributed by atoms with E-state index in [2.05, 4.69) is 41.4 Å². The number of nitrogens with zero attached hydrogens (tertiary/aromatic N) is 5. The minimum atomic E-state index is 0.575. The summed E-state index contributed by atoms with van der Waals surface area (Å²) in [6, 6.07) is 0. The number of nitrogens with one attached hydrogen (secondary N) is 1. The third-order valence-electron chi connectivity index (χ3n) is 2.56. The van der Waals surface area contributed by atoms with Crippen LogP contribution >= 0.6 is 15.9 Å². The third kappa shape index (κ3) is 2.58. The maximum Gasteiger partial charge on any atom is 0.223 e. The molecule has 7 nitrogen and oxygen atoms in total. The van der Waals surface area contributed by atoms with Crippen LogP contribution in [-0.2, 0) is 6.42 Å². The Morgan fingerprint density at radius 1 is 1.42 bits per heavy atom. The molecule has 0 unspecified atom stereocenters. The summed E-state index contributed by atoms with van der Waals surface area (Å²) in [6.45, 7) is 2.43. The normalized spacial score (nSPS) is 11.1. The summed E-state index contributed by atoms with van der Waals surface area (Å²) in [4.78, 5) is 12.8. The van der Waals surface area contributed by atoms with Crippen molar-refractivity contribution >= 4 is 27.4 Å². The van der Waals surface area contributed by atoms with E-state index in [4.69, 9.17) is 4.52 Å². The van der Waals surface area contributed by atoms with E-state index in [1.807, 2.05) is 16.8 Å². The predicted octanol–water partition coefficient (Wildman–Crippen LogP) is 1.84. The van der Waals surface area contributed by atoms with Crippen LogP contribution in [0.25, 0.3) is 5.65 Å². The van der Waals surface area contributed by atoms with Gasteiger partial charge < -0.3 is 14.2 Å². The first kappa shape index (κ1) is 12.1. The number of imidazole rings is 1. The van der Waals surface area contributed by atoms with E-state index in [1.54, 1.807) is 13.1 Å². The average Bonchev–Trinajstić information content (AvgIpc) is 2.98.